The van der Waals surface area contributed by atoms with Gasteiger partial charge in [0.05, 0.1) is 18.8 Å². The van der Waals surface area contributed by atoms with E-state index in [9.17, 15) is 10.2 Å². The molecule has 0 aromatic heterocycles. The van der Waals surface area contributed by atoms with Gasteiger partial charge in [-0.05, 0) is 19.1 Å². The van der Waals surface area contributed by atoms with Crippen molar-refractivity contribution < 1.29 is 20.1 Å². The third-order valence-corrected chi connectivity index (χ3v) is 1.68. The normalized spacial score (nSPS) is 10.0. The average Bonchev–Trinajstić information content (AvgIpc) is 2.11. The first-order valence-electron chi connectivity index (χ1n) is 3.98. The maximum Gasteiger partial charge on any atom is 0.167 e. The van der Waals surface area contributed by atoms with Gasteiger partial charge in [0, 0.05) is 0 Å². The monoisotopic (exact) mass is 184 g/mol. The summed E-state index contributed by atoms with van der Waals surface area (Å²) in [5.74, 6) is -0.0721. The van der Waals surface area contributed by atoms with Crippen molar-refractivity contribution in [3.63, 3.8) is 0 Å². The summed E-state index contributed by atoms with van der Waals surface area (Å²) in [7, 11) is 0. The van der Waals surface area contributed by atoms with Crippen LogP contribution in [-0.2, 0) is 6.61 Å². The van der Waals surface area contributed by atoms with Crippen LogP contribution in [0.1, 0.15) is 12.5 Å². The number of aromatic hydroxyl groups is 2. The molecule has 13 heavy (non-hydrogen) atoms. The van der Waals surface area contributed by atoms with E-state index in [0.717, 1.165) is 0 Å². The fraction of sp³-hybridized carbons (Fsp3) is 0.333. The molecule has 4 nitrogen and oxygen atoms in total. The van der Waals surface area contributed by atoms with Crippen LogP contribution in [0.3, 0.4) is 0 Å². The quantitative estimate of drug-likeness (QED) is 0.655. The first-order chi connectivity index (χ1) is 6.20. The van der Waals surface area contributed by atoms with Crippen LogP contribution in [0, 0.1) is 0 Å². The fourth-order valence-electron chi connectivity index (χ4n) is 1.03. The summed E-state index contributed by atoms with van der Waals surface area (Å²) in [4.78, 5) is 0. The van der Waals surface area contributed by atoms with Gasteiger partial charge in [-0.15, -0.1) is 0 Å². The summed E-state index contributed by atoms with van der Waals surface area (Å²) >= 11 is 0. The minimum Gasteiger partial charge on any atom is -0.507 e. The molecule has 0 fully saturated rings. The molecule has 0 radical (unpaired) electrons. The van der Waals surface area contributed by atoms with Gasteiger partial charge in [-0.25, -0.2) is 0 Å². The van der Waals surface area contributed by atoms with Gasteiger partial charge in [-0.3, -0.25) is 0 Å². The lowest BCUT2D eigenvalue weighted by Gasteiger charge is -2.09. The second-order valence-corrected chi connectivity index (χ2v) is 2.50. The van der Waals surface area contributed by atoms with Crippen LogP contribution >= 0.6 is 0 Å². The average molecular weight is 184 g/mol. The van der Waals surface area contributed by atoms with Crippen LogP contribution in [0.5, 0.6) is 17.2 Å². The Morgan fingerprint density at radius 2 is 2.00 bits per heavy atom. The molecule has 0 bridgehead atoms. The topological polar surface area (TPSA) is 69.9 Å². The Kier molecular flexibility index (Phi) is 2.97. The number of aliphatic hydroxyl groups excluding tert-OH is 1. The lowest BCUT2D eigenvalue weighted by atomic mass is 10.2. The van der Waals surface area contributed by atoms with Crippen molar-refractivity contribution in [2.75, 3.05) is 6.61 Å². The van der Waals surface area contributed by atoms with Crippen molar-refractivity contribution in [1.82, 2.24) is 0 Å². The zero-order valence-electron chi connectivity index (χ0n) is 7.32. The van der Waals surface area contributed by atoms with E-state index in [-0.39, 0.29) is 22.8 Å². The van der Waals surface area contributed by atoms with Gasteiger partial charge < -0.3 is 20.1 Å². The zero-order valence-corrected chi connectivity index (χ0v) is 7.32. The molecule has 1 rings (SSSR count). The van der Waals surface area contributed by atoms with Gasteiger partial charge in [0.2, 0.25) is 0 Å². The van der Waals surface area contributed by atoms with E-state index in [0.29, 0.717) is 6.61 Å². The highest BCUT2D eigenvalue weighted by molar-refractivity contribution is 5.51. The van der Waals surface area contributed by atoms with E-state index in [1.54, 1.807) is 6.92 Å². The molecule has 0 unspecified atom stereocenters. The number of phenols is 2. The number of aliphatic hydroxyl groups is 1. The third-order valence-electron chi connectivity index (χ3n) is 1.68. The SMILES string of the molecule is CCOc1ccc(O)c(CO)c1O. The highest BCUT2D eigenvalue weighted by Crippen LogP contribution is 2.35. The summed E-state index contributed by atoms with van der Waals surface area (Å²) in [5.41, 5.74) is 0.0888. The first kappa shape index (κ1) is 9.67. The molecule has 1 aromatic rings. The molecular formula is C9H12O4. The van der Waals surface area contributed by atoms with E-state index in [4.69, 9.17) is 9.84 Å². The molecule has 0 aliphatic heterocycles. The molecule has 0 saturated heterocycles. The van der Waals surface area contributed by atoms with Crippen molar-refractivity contribution in [1.29, 1.82) is 0 Å². The van der Waals surface area contributed by atoms with Crippen molar-refractivity contribution in [2.24, 2.45) is 0 Å². The van der Waals surface area contributed by atoms with Crippen LogP contribution in [0.2, 0.25) is 0 Å². The first-order valence-corrected chi connectivity index (χ1v) is 3.98. The second kappa shape index (κ2) is 4.00. The molecule has 72 valence electrons. The molecule has 0 saturated carbocycles. The van der Waals surface area contributed by atoms with Crippen LogP contribution in [0.4, 0.5) is 0 Å². The highest BCUT2D eigenvalue weighted by atomic mass is 16.5. The summed E-state index contributed by atoms with van der Waals surface area (Å²) in [6, 6.07) is 2.82. The Labute approximate surface area is 76.0 Å². The number of rotatable bonds is 3. The summed E-state index contributed by atoms with van der Waals surface area (Å²) in [6.07, 6.45) is 0. The van der Waals surface area contributed by atoms with Crippen molar-refractivity contribution in [3.8, 4) is 17.2 Å². The van der Waals surface area contributed by atoms with E-state index < -0.39 is 6.61 Å². The molecule has 3 N–H and O–H groups in total. The van der Waals surface area contributed by atoms with Crippen LogP contribution in [0.15, 0.2) is 12.1 Å². The molecule has 0 amide bonds. The minimum atomic E-state index is -0.418. The Morgan fingerprint density at radius 3 is 2.54 bits per heavy atom. The number of hydrogen-bond donors (Lipinski definition) is 3. The van der Waals surface area contributed by atoms with E-state index >= 15 is 0 Å². The maximum atomic E-state index is 9.46. The Hall–Kier alpha value is -1.42. The van der Waals surface area contributed by atoms with Gasteiger partial charge in [0.1, 0.15) is 5.75 Å². The van der Waals surface area contributed by atoms with Gasteiger partial charge in [0.25, 0.3) is 0 Å². The van der Waals surface area contributed by atoms with E-state index in [1.807, 2.05) is 0 Å². The molecule has 1 aromatic carbocycles. The molecule has 0 spiro atoms. The standard InChI is InChI=1S/C9H12O4/c1-2-13-8-4-3-7(11)6(5-10)9(8)12/h3-4,10-12H,2,5H2,1H3. The van der Waals surface area contributed by atoms with Gasteiger partial charge in [-0.1, -0.05) is 0 Å². The van der Waals surface area contributed by atoms with E-state index in [1.165, 1.54) is 12.1 Å². The number of ether oxygens (including phenoxy) is 1. The molecule has 0 atom stereocenters. The van der Waals surface area contributed by atoms with Crippen LogP contribution in [-0.4, -0.2) is 21.9 Å². The van der Waals surface area contributed by atoms with Crippen molar-refractivity contribution in [3.05, 3.63) is 17.7 Å². The Morgan fingerprint density at radius 1 is 1.31 bits per heavy atom. The van der Waals surface area contributed by atoms with Crippen LogP contribution < -0.4 is 4.74 Å². The maximum absolute atomic E-state index is 9.46. The predicted molar refractivity (Wildman–Crippen MR) is 46.9 cm³/mol. The second-order valence-electron chi connectivity index (χ2n) is 2.50. The molecule has 0 aliphatic rings. The Bertz CT molecular complexity index is 296. The molecule has 0 aliphatic carbocycles. The Balaban J connectivity index is 3.11. The van der Waals surface area contributed by atoms with Gasteiger partial charge >= 0.3 is 0 Å². The summed E-state index contributed by atoms with van der Waals surface area (Å²) in [6.45, 7) is 1.78. The summed E-state index contributed by atoms with van der Waals surface area (Å²) < 4.78 is 5.06. The number of hydrogen-bond acceptors (Lipinski definition) is 4. The molecule has 4 heteroatoms. The van der Waals surface area contributed by atoms with Crippen molar-refractivity contribution in [2.45, 2.75) is 13.5 Å². The fourth-order valence-corrected chi connectivity index (χ4v) is 1.03. The predicted octanol–water partition coefficient (Wildman–Crippen LogP) is 0.989. The summed E-state index contributed by atoms with van der Waals surface area (Å²) in [5, 5.41) is 27.5. The number of benzene rings is 1. The smallest absolute Gasteiger partial charge is 0.167 e. The van der Waals surface area contributed by atoms with Gasteiger partial charge in [0.15, 0.2) is 11.5 Å². The minimum absolute atomic E-state index is 0.0888. The lowest BCUT2D eigenvalue weighted by Crippen LogP contribution is -1.94. The largest absolute Gasteiger partial charge is 0.507 e. The highest BCUT2D eigenvalue weighted by Gasteiger charge is 2.11. The lowest BCUT2D eigenvalue weighted by molar-refractivity contribution is 0.262. The van der Waals surface area contributed by atoms with Gasteiger partial charge in [-0.2, -0.15) is 0 Å². The van der Waals surface area contributed by atoms with Crippen LogP contribution in [0.25, 0.3) is 0 Å². The zero-order chi connectivity index (χ0) is 9.84. The van der Waals surface area contributed by atoms with E-state index in [2.05, 4.69) is 0 Å². The van der Waals surface area contributed by atoms with Crippen molar-refractivity contribution >= 4 is 0 Å². The molecular weight excluding hydrogens is 172 g/mol. The molecule has 0 heterocycles. The third kappa shape index (κ3) is 1.84.